The summed E-state index contributed by atoms with van der Waals surface area (Å²) in [4.78, 5) is 0. The zero-order valence-electron chi connectivity index (χ0n) is 8.93. The zero-order valence-corrected chi connectivity index (χ0v) is 11.1. The lowest BCUT2D eigenvalue weighted by molar-refractivity contribution is 0.303. The van der Waals surface area contributed by atoms with Gasteiger partial charge in [0.2, 0.25) is 0 Å². The van der Waals surface area contributed by atoms with Crippen LogP contribution in [-0.4, -0.2) is 6.61 Å². The minimum absolute atomic E-state index is 0.207. The standard InChI is InChI=1S/C12H16FIO/c1-2-3-4-5-8-15-10-6-7-12(14)11(13)9-10/h6-7,9H,2-5,8H2,1H3. The van der Waals surface area contributed by atoms with Crippen LogP contribution in [-0.2, 0) is 0 Å². The van der Waals surface area contributed by atoms with Crippen molar-refractivity contribution in [1.82, 2.24) is 0 Å². The van der Waals surface area contributed by atoms with E-state index in [-0.39, 0.29) is 5.82 Å². The van der Waals surface area contributed by atoms with Crippen LogP contribution >= 0.6 is 22.6 Å². The van der Waals surface area contributed by atoms with E-state index in [0.29, 0.717) is 15.9 Å². The van der Waals surface area contributed by atoms with Crippen LogP contribution in [0.3, 0.4) is 0 Å². The van der Waals surface area contributed by atoms with Gasteiger partial charge < -0.3 is 4.74 Å². The molecule has 0 amide bonds. The molecule has 0 aliphatic heterocycles. The third-order valence-electron chi connectivity index (χ3n) is 2.16. The van der Waals surface area contributed by atoms with Gasteiger partial charge in [-0.2, -0.15) is 0 Å². The van der Waals surface area contributed by atoms with E-state index >= 15 is 0 Å². The van der Waals surface area contributed by atoms with Gasteiger partial charge in [-0.3, -0.25) is 0 Å². The monoisotopic (exact) mass is 322 g/mol. The Kier molecular flexibility index (Phi) is 5.98. The minimum Gasteiger partial charge on any atom is -0.493 e. The number of halogens is 2. The summed E-state index contributed by atoms with van der Waals surface area (Å²) in [5.41, 5.74) is 0. The topological polar surface area (TPSA) is 9.23 Å². The predicted molar refractivity (Wildman–Crippen MR) is 68.8 cm³/mol. The van der Waals surface area contributed by atoms with Gasteiger partial charge in [0.05, 0.1) is 6.61 Å². The smallest absolute Gasteiger partial charge is 0.140 e. The number of unbranched alkanes of at least 4 members (excludes halogenated alkanes) is 3. The van der Waals surface area contributed by atoms with E-state index in [1.807, 2.05) is 28.7 Å². The second-order valence-electron chi connectivity index (χ2n) is 3.49. The van der Waals surface area contributed by atoms with Crippen LogP contribution in [0.1, 0.15) is 32.6 Å². The van der Waals surface area contributed by atoms with Crippen molar-refractivity contribution in [2.75, 3.05) is 6.61 Å². The average Bonchev–Trinajstić information content (AvgIpc) is 2.23. The quantitative estimate of drug-likeness (QED) is 0.557. The van der Waals surface area contributed by atoms with Gasteiger partial charge in [0.15, 0.2) is 0 Å². The molecule has 3 heteroatoms. The molecule has 0 aromatic heterocycles. The van der Waals surface area contributed by atoms with E-state index in [9.17, 15) is 4.39 Å². The first-order valence-corrected chi connectivity index (χ1v) is 6.39. The first kappa shape index (κ1) is 12.7. The van der Waals surface area contributed by atoms with Gasteiger partial charge in [-0.1, -0.05) is 26.2 Å². The molecule has 0 fully saturated rings. The van der Waals surface area contributed by atoms with Crippen LogP contribution in [0.4, 0.5) is 4.39 Å². The summed E-state index contributed by atoms with van der Waals surface area (Å²) in [7, 11) is 0. The highest BCUT2D eigenvalue weighted by Crippen LogP contribution is 2.18. The van der Waals surface area contributed by atoms with Gasteiger partial charge in [-0.25, -0.2) is 4.39 Å². The molecule has 0 atom stereocenters. The minimum atomic E-state index is -0.207. The molecule has 0 radical (unpaired) electrons. The predicted octanol–water partition coefficient (Wildman–Crippen LogP) is 4.39. The van der Waals surface area contributed by atoms with Crippen molar-refractivity contribution in [3.63, 3.8) is 0 Å². The first-order valence-electron chi connectivity index (χ1n) is 5.32. The summed E-state index contributed by atoms with van der Waals surface area (Å²) in [5, 5.41) is 0. The van der Waals surface area contributed by atoms with Crippen LogP contribution in [0.2, 0.25) is 0 Å². The zero-order chi connectivity index (χ0) is 11.1. The summed E-state index contributed by atoms with van der Waals surface area (Å²) in [6, 6.07) is 4.99. The average molecular weight is 322 g/mol. The van der Waals surface area contributed by atoms with Crippen LogP contribution in [0.5, 0.6) is 5.75 Å². The van der Waals surface area contributed by atoms with Gasteiger partial charge in [0, 0.05) is 9.64 Å². The Bertz CT molecular complexity index is 302. The van der Waals surface area contributed by atoms with E-state index in [0.717, 1.165) is 6.42 Å². The van der Waals surface area contributed by atoms with E-state index in [1.54, 1.807) is 6.07 Å². The Morgan fingerprint density at radius 2 is 2.07 bits per heavy atom. The SMILES string of the molecule is CCCCCCOc1ccc(I)c(F)c1. The first-order chi connectivity index (χ1) is 7.24. The summed E-state index contributed by atoms with van der Waals surface area (Å²) in [6.07, 6.45) is 4.69. The molecule has 0 N–H and O–H groups in total. The summed E-state index contributed by atoms with van der Waals surface area (Å²) >= 11 is 1.97. The normalized spacial score (nSPS) is 10.3. The highest BCUT2D eigenvalue weighted by atomic mass is 127. The Morgan fingerprint density at radius 1 is 1.27 bits per heavy atom. The fraction of sp³-hybridized carbons (Fsp3) is 0.500. The molecule has 1 aromatic rings. The molecule has 0 aliphatic rings. The van der Waals surface area contributed by atoms with Crippen molar-refractivity contribution in [1.29, 1.82) is 0 Å². The van der Waals surface area contributed by atoms with Crippen LogP contribution in [0.25, 0.3) is 0 Å². The highest BCUT2D eigenvalue weighted by molar-refractivity contribution is 14.1. The van der Waals surface area contributed by atoms with Crippen molar-refractivity contribution in [3.8, 4) is 5.75 Å². The molecule has 0 unspecified atom stereocenters. The van der Waals surface area contributed by atoms with Crippen LogP contribution in [0.15, 0.2) is 18.2 Å². The summed E-state index contributed by atoms with van der Waals surface area (Å²) in [6.45, 7) is 2.86. The molecule has 15 heavy (non-hydrogen) atoms. The lowest BCUT2D eigenvalue weighted by Gasteiger charge is -2.06. The molecule has 1 rings (SSSR count). The molecule has 1 nitrogen and oxygen atoms in total. The largest absolute Gasteiger partial charge is 0.493 e. The molecule has 0 saturated heterocycles. The number of hydrogen-bond donors (Lipinski definition) is 0. The molecule has 1 aromatic carbocycles. The maximum Gasteiger partial charge on any atom is 0.140 e. The number of benzene rings is 1. The molecule has 0 aliphatic carbocycles. The number of hydrogen-bond acceptors (Lipinski definition) is 1. The van der Waals surface area contributed by atoms with Crippen LogP contribution < -0.4 is 4.74 Å². The molecule has 0 heterocycles. The van der Waals surface area contributed by atoms with Crippen molar-refractivity contribution in [3.05, 3.63) is 27.6 Å². The Hall–Kier alpha value is -0.320. The Balaban J connectivity index is 2.28. The van der Waals surface area contributed by atoms with Gasteiger partial charge in [0.25, 0.3) is 0 Å². The van der Waals surface area contributed by atoms with E-state index in [2.05, 4.69) is 6.92 Å². The number of ether oxygens (including phenoxy) is 1. The second kappa shape index (κ2) is 7.04. The van der Waals surface area contributed by atoms with Crippen molar-refractivity contribution in [2.24, 2.45) is 0 Å². The second-order valence-corrected chi connectivity index (χ2v) is 4.65. The molecular weight excluding hydrogens is 306 g/mol. The Morgan fingerprint density at radius 3 is 2.73 bits per heavy atom. The van der Waals surface area contributed by atoms with Crippen molar-refractivity contribution in [2.45, 2.75) is 32.6 Å². The lowest BCUT2D eigenvalue weighted by Crippen LogP contribution is -1.97. The summed E-state index contributed by atoms with van der Waals surface area (Å²) < 4.78 is 19.2. The fourth-order valence-corrected chi connectivity index (χ4v) is 1.62. The molecule has 0 bridgehead atoms. The van der Waals surface area contributed by atoms with Crippen molar-refractivity contribution < 1.29 is 9.13 Å². The molecule has 84 valence electrons. The van der Waals surface area contributed by atoms with Gasteiger partial charge in [0.1, 0.15) is 11.6 Å². The van der Waals surface area contributed by atoms with E-state index in [1.165, 1.54) is 25.3 Å². The van der Waals surface area contributed by atoms with Crippen LogP contribution in [0, 0.1) is 9.39 Å². The molecule has 0 saturated carbocycles. The number of rotatable bonds is 6. The molecular formula is C12H16FIO. The van der Waals surface area contributed by atoms with Crippen molar-refractivity contribution >= 4 is 22.6 Å². The van der Waals surface area contributed by atoms with E-state index in [4.69, 9.17) is 4.74 Å². The third kappa shape index (κ3) is 4.82. The van der Waals surface area contributed by atoms with Gasteiger partial charge in [-0.15, -0.1) is 0 Å². The maximum atomic E-state index is 13.1. The third-order valence-corrected chi connectivity index (χ3v) is 3.03. The Labute approximate surface area is 104 Å². The maximum absolute atomic E-state index is 13.1. The van der Waals surface area contributed by atoms with Gasteiger partial charge >= 0.3 is 0 Å². The summed E-state index contributed by atoms with van der Waals surface area (Å²) in [5.74, 6) is 0.422. The highest BCUT2D eigenvalue weighted by Gasteiger charge is 2.00. The van der Waals surface area contributed by atoms with Gasteiger partial charge in [-0.05, 0) is 41.1 Å². The lowest BCUT2D eigenvalue weighted by atomic mass is 10.2. The molecule has 0 spiro atoms. The fourth-order valence-electron chi connectivity index (χ4n) is 1.29. The van der Waals surface area contributed by atoms with E-state index < -0.39 is 0 Å².